The van der Waals surface area contributed by atoms with E-state index in [4.69, 9.17) is 4.74 Å². The smallest absolute Gasteiger partial charge is 0.262 e. The van der Waals surface area contributed by atoms with Gasteiger partial charge in [0.15, 0.2) is 6.61 Å². The Bertz CT molecular complexity index is 705. The number of anilines is 1. The number of hydrogen-bond acceptors (Lipinski definition) is 3. The molecule has 0 radical (unpaired) electrons. The lowest BCUT2D eigenvalue weighted by atomic mass is 10.1. The third kappa shape index (κ3) is 4.56. The van der Waals surface area contributed by atoms with E-state index in [1.54, 1.807) is 18.2 Å². The number of nitrogens with one attached hydrogen (secondary N) is 1. The molecule has 122 valence electrons. The average molecular weight is 378 g/mol. The number of hydrogen-bond donors (Lipinski definition) is 2. The zero-order valence-electron chi connectivity index (χ0n) is 13.4. The van der Waals surface area contributed by atoms with Crippen molar-refractivity contribution in [2.75, 3.05) is 11.9 Å². The van der Waals surface area contributed by atoms with Gasteiger partial charge in [-0.3, -0.25) is 4.79 Å². The van der Waals surface area contributed by atoms with Gasteiger partial charge in [0.05, 0.1) is 6.61 Å². The summed E-state index contributed by atoms with van der Waals surface area (Å²) in [7, 11) is 0. The van der Waals surface area contributed by atoms with E-state index in [0.29, 0.717) is 11.3 Å². The number of aliphatic hydroxyl groups is 1. The molecule has 0 bridgehead atoms. The first kappa shape index (κ1) is 17.5. The first-order valence-corrected chi connectivity index (χ1v) is 8.09. The number of aryl methyl sites for hydroxylation is 3. The molecule has 0 aliphatic heterocycles. The summed E-state index contributed by atoms with van der Waals surface area (Å²) in [4.78, 5) is 12.1. The van der Waals surface area contributed by atoms with Crippen LogP contribution < -0.4 is 10.1 Å². The maximum atomic E-state index is 12.1. The van der Waals surface area contributed by atoms with Crippen molar-refractivity contribution < 1.29 is 14.6 Å². The van der Waals surface area contributed by atoms with E-state index in [0.717, 1.165) is 26.9 Å². The number of carbonyl (C=O) groups excluding carboxylic acids is 1. The van der Waals surface area contributed by atoms with Gasteiger partial charge in [-0.05, 0) is 50.1 Å². The van der Waals surface area contributed by atoms with E-state index >= 15 is 0 Å². The Hall–Kier alpha value is -1.85. The van der Waals surface area contributed by atoms with Crippen LogP contribution in [-0.2, 0) is 11.4 Å². The van der Waals surface area contributed by atoms with E-state index < -0.39 is 0 Å². The standard InChI is InChI=1S/C18H20BrNO3/c1-11-6-12(2)18(13(3)7-11)20-17(22)10-23-16-5-4-15(19)8-14(16)9-21/h4-8,21H,9-10H2,1-3H3,(H,20,22). The van der Waals surface area contributed by atoms with Gasteiger partial charge in [0.1, 0.15) is 5.75 Å². The quantitative estimate of drug-likeness (QED) is 0.830. The molecule has 1 amide bonds. The minimum atomic E-state index is -0.230. The van der Waals surface area contributed by atoms with Crippen molar-refractivity contribution in [3.63, 3.8) is 0 Å². The zero-order valence-corrected chi connectivity index (χ0v) is 15.0. The van der Waals surface area contributed by atoms with Crippen LogP contribution in [0.3, 0.4) is 0 Å². The summed E-state index contributed by atoms with van der Waals surface area (Å²) < 4.78 is 6.38. The number of aliphatic hydroxyl groups excluding tert-OH is 1. The lowest BCUT2D eigenvalue weighted by Crippen LogP contribution is -2.21. The molecule has 0 aromatic heterocycles. The van der Waals surface area contributed by atoms with E-state index in [1.165, 1.54) is 0 Å². The minimum Gasteiger partial charge on any atom is -0.483 e. The number of rotatable bonds is 5. The van der Waals surface area contributed by atoms with Crippen LogP contribution in [0.15, 0.2) is 34.8 Å². The summed E-state index contributed by atoms with van der Waals surface area (Å²) in [6, 6.07) is 9.36. The van der Waals surface area contributed by atoms with Crippen molar-refractivity contribution in [2.45, 2.75) is 27.4 Å². The molecule has 0 heterocycles. The highest BCUT2D eigenvalue weighted by molar-refractivity contribution is 9.10. The van der Waals surface area contributed by atoms with Gasteiger partial charge in [0, 0.05) is 15.7 Å². The number of benzene rings is 2. The molecule has 0 atom stereocenters. The van der Waals surface area contributed by atoms with Gasteiger partial charge in [-0.25, -0.2) is 0 Å². The Labute approximate surface area is 144 Å². The van der Waals surface area contributed by atoms with Crippen molar-refractivity contribution in [2.24, 2.45) is 0 Å². The first-order valence-electron chi connectivity index (χ1n) is 7.30. The fourth-order valence-electron chi connectivity index (χ4n) is 2.51. The van der Waals surface area contributed by atoms with E-state index in [9.17, 15) is 9.90 Å². The Balaban J connectivity index is 2.04. The normalized spacial score (nSPS) is 10.5. The summed E-state index contributed by atoms with van der Waals surface area (Å²) in [5.41, 5.74) is 4.67. The second kappa shape index (κ2) is 7.62. The fourth-order valence-corrected chi connectivity index (χ4v) is 2.92. The van der Waals surface area contributed by atoms with Crippen LogP contribution in [0.2, 0.25) is 0 Å². The van der Waals surface area contributed by atoms with Gasteiger partial charge in [0.2, 0.25) is 0 Å². The second-order valence-electron chi connectivity index (χ2n) is 5.52. The molecule has 0 aliphatic carbocycles. The molecule has 2 rings (SSSR count). The first-order chi connectivity index (χ1) is 10.9. The van der Waals surface area contributed by atoms with Crippen LogP contribution >= 0.6 is 15.9 Å². The summed E-state index contributed by atoms with van der Waals surface area (Å²) >= 11 is 3.34. The molecule has 5 heteroatoms. The Morgan fingerprint density at radius 1 is 1.17 bits per heavy atom. The number of amides is 1. The Morgan fingerprint density at radius 2 is 1.83 bits per heavy atom. The van der Waals surface area contributed by atoms with Crippen LogP contribution in [0.25, 0.3) is 0 Å². The SMILES string of the molecule is Cc1cc(C)c(NC(=O)COc2ccc(Br)cc2CO)c(C)c1. The Morgan fingerprint density at radius 3 is 2.43 bits per heavy atom. The van der Waals surface area contributed by atoms with Crippen LogP contribution in [0.5, 0.6) is 5.75 Å². The highest BCUT2D eigenvalue weighted by atomic mass is 79.9. The van der Waals surface area contributed by atoms with Crippen molar-refractivity contribution in [3.05, 3.63) is 57.1 Å². The Kier molecular flexibility index (Phi) is 5.80. The van der Waals surface area contributed by atoms with Crippen LogP contribution in [0, 0.1) is 20.8 Å². The number of ether oxygens (including phenoxy) is 1. The number of carbonyl (C=O) groups is 1. The second-order valence-corrected chi connectivity index (χ2v) is 6.44. The van der Waals surface area contributed by atoms with Gasteiger partial charge in [0.25, 0.3) is 5.91 Å². The molecule has 0 unspecified atom stereocenters. The van der Waals surface area contributed by atoms with Gasteiger partial charge in [-0.1, -0.05) is 33.6 Å². The molecule has 2 aromatic carbocycles. The summed E-state index contributed by atoms with van der Waals surface area (Å²) in [5.74, 6) is 0.273. The van der Waals surface area contributed by atoms with Gasteiger partial charge in [-0.2, -0.15) is 0 Å². The van der Waals surface area contributed by atoms with E-state index in [1.807, 2.05) is 32.9 Å². The summed E-state index contributed by atoms with van der Waals surface area (Å²) in [5, 5.41) is 12.2. The largest absolute Gasteiger partial charge is 0.483 e. The predicted molar refractivity (Wildman–Crippen MR) is 94.8 cm³/mol. The summed E-state index contributed by atoms with van der Waals surface area (Å²) in [6.45, 7) is 5.71. The van der Waals surface area contributed by atoms with E-state index in [2.05, 4.69) is 21.2 Å². The molecule has 4 nitrogen and oxygen atoms in total. The number of halogens is 1. The molecule has 0 saturated carbocycles. The van der Waals surface area contributed by atoms with Crippen molar-refractivity contribution in [1.82, 2.24) is 0 Å². The molecule has 0 fully saturated rings. The maximum absolute atomic E-state index is 12.1. The zero-order chi connectivity index (χ0) is 17.0. The topological polar surface area (TPSA) is 58.6 Å². The lowest BCUT2D eigenvalue weighted by Gasteiger charge is -2.14. The fraction of sp³-hybridized carbons (Fsp3) is 0.278. The summed E-state index contributed by atoms with van der Waals surface area (Å²) in [6.07, 6.45) is 0. The molecule has 0 saturated heterocycles. The molecule has 0 spiro atoms. The van der Waals surface area contributed by atoms with Crippen molar-refractivity contribution >= 4 is 27.5 Å². The molecular formula is C18H20BrNO3. The monoisotopic (exact) mass is 377 g/mol. The third-order valence-corrected chi connectivity index (χ3v) is 3.99. The molecular weight excluding hydrogens is 358 g/mol. The highest BCUT2D eigenvalue weighted by Crippen LogP contribution is 2.24. The minimum absolute atomic E-state index is 0.110. The van der Waals surface area contributed by atoms with Gasteiger partial charge in [-0.15, -0.1) is 0 Å². The van der Waals surface area contributed by atoms with Gasteiger partial charge < -0.3 is 15.2 Å². The van der Waals surface area contributed by atoms with Gasteiger partial charge >= 0.3 is 0 Å². The van der Waals surface area contributed by atoms with Crippen LogP contribution in [-0.4, -0.2) is 17.6 Å². The molecule has 0 aliphatic rings. The van der Waals surface area contributed by atoms with Crippen molar-refractivity contribution in [3.8, 4) is 5.75 Å². The van der Waals surface area contributed by atoms with E-state index in [-0.39, 0.29) is 19.1 Å². The van der Waals surface area contributed by atoms with Crippen LogP contribution in [0.4, 0.5) is 5.69 Å². The molecule has 2 N–H and O–H groups in total. The average Bonchev–Trinajstić information content (AvgIpc) is 2.49. The van der Waals surface area contributed by atoms with Crippen LogP contribution in [0.1, 0.15) is 22.3 Å². The molecule has 23 heavy (non-hydrogen) atoms. The maximum Gasteiger partial charge on any atom is 0.262 e. The highest BCUT2D eigenvalue weighted by Gasteiger charge is 2.10. The molecule has 2 aromatic rings. The van der Waals surface area contributed by atoms with Crippen molar-refractivity contribution in [1.29, 1.82) is 0 Å². The predicted octanol–water partition coefficient (Wildman–Crippen LogP) is 3.88. The lowest BCUT2D eigenvalue weighted by molar-refractivity contribution is -0.118. The third-order valence-electron chi connectivity index (χ3n) is 3.49.